The molecule has 1 rings (SSSR count). The number of halogens is 1. The molecule has 96 valence electrons. The monoisotopic (exact) mass is 277 g/mol. The summed E-state index contributed by atoms with van der Waals surface area (Å²) in [5.41, 5.74) is 11.5. The summed E-state index contributed by atoms with van der Waals surface area (Å²) in [6.45, 7) is 0.929. The predicted octanol–water partition coefficient (Wildman–Crippen LogP) is 0.822. The SMILES string of the molecule is Nc1nc(Cl)c(N)c(NCCSCCCO)n1. The Balaban J connectivity index is 2.36. The number of hydrogen-bond acceptors (Lipinski definition) is 7. The third kappa shape index (κ3) is 4.84. The predicted molar refractivity (Wildman–Crippen MR) is 73.4 cm³/mol. The quantitative estimate of drug-likeness (QED) is 0.431. The van der Waals surface area contributed by atoms with Gasteiger partial charge in [-0.25, -0.2) is 0 Å². The zero-order valence-corrected chi connectivity index (χ0v) is 10.9. The number of nitrogens with one attached hydrogen (secondary N) is 1. The first-order chi connectivity index (χ1) is 8.15. The van der Waals surface area contributed by atoms with Crippen LogP contribution in [0.15, 0.2) is 0 Å². The molecule has 1 heterocycles. The highest BCUT2D eigenvalue weighted by molar-refractivity contribution is 7.99. The van der Waals surface area contributed by atoms with Gasteiger partial charge in [-0.2, -0.15) is 21.7 Å². The highest BCUT2D eigenvalue weighted by Gasteiger charge is 2.07. The van der Waals surface area contributed by atoms with Crippen molar-refractivity contribution in [3.05, 3.63) is 5.15 Å². The van der Waals surface area contributed by atoms with Crippen molar-refractivity contribution < 1.29 is 5.11 Å². The molecule has 0 saturated carbocycles. The number of aliphatic hydroxyl groups excluding tert-OH is 1. The standard InChI is InChI=1S/C9H16ClN5OS/c10-7-6(11)8(15-9(12)14-7)13-2-5-17-4-1-3-16/h16H,1-5,11H2,(H3,12,13,14,15). The summed E-state index contributed by atoms with van der Waals surface area (Å²) in [5.74, 6) is 2.38. The Hall–Kier alpha value is -0.920. The molecule has 0 aliphatic heterocycles. The lowest BCUT2D eigenvalue weighted by molar-refractivity contribution is 0.296. The van der Waals surface area contributed by atoms with Crippen LogP contribution in [0.25, 0.3) is 0 Å². The van der Waals surface area contributed by atoms with Gasteiger partial charge in [-0.05, 0) is 12.2 Å². The van der Waals surface area contributed by atoms with E-state index in [9.17, 15) is 0 Å². The number of nitrogens with zero attached hydrogens (tertiary/aromatic N) is 2. The van der Waals surface area contributed by atoms with Gasteiger partial charge in [0.2, 0.25) is 5.95 Å². The number of nitrogen functional groups attached to an aromatic ring is 2. The Bertz CT molecular complexity index is 365. The molecule has 0 fully saturated rings. The number of nitrogens with two attached hydrogens (primary N) is 2. The summed E-state index contributed by atoms with van der Waals surface area (Å²) in [6.07, 6.45) is 0.805. The fraction of sp³-hybridized carbons (Fsp3) is 0.556. The first kappa shape index (κ1) is 14.1. The molecule has 0 spiro atoms. The third-order valence-corrected chi connectivity index (χ3v) is 3.26. The minimum atomic E-state index is 0.0969. The number of hydrogen-bond donors (Lipinski definition) is 4. The van der Waals surface area contributed by atoms with E-state index in [1.54, 1.807) is 11.8 Å². The van der Waals surface area contributed by atoms with Gasteiger partial charge in [-0.3, -0.25) is 0 Å². The van der Waals surface area contributed by atoms with Crippen molar-refractivity contribution in [3.63, 3.8) is 0 Å². The van der Waals surface area contributed by atoms with E-state index in [1.165, 1.54) is 0 Å². The van der Waals surface area contributed by atoms with E-state index >= 15 is 0 Å². The van der Waals surface area contributed by atoms with E-state index in [1.807, 2.05) is 0 Å². The molecule has 1 aromatic rings. The molecule has 6 nitrogen and oxygen atoms in total. The summed E-state index contributed by atoms with van der Waals surface area (Å²) in [6, 6.07) is 0. The molecule has 0 unspecified atom stereocenters. The molecular formula is C9H16ClN5OS. The van der Waals surface area contributed by atoms with Crippen molar-refractivity contribution in [2.45, 2.75) is 6.42 Å². The lowest BCUT2D eigenvalue weighted by atomic mass is 10.5. The molecule has 0 aliphatic carbocycles. The van der Waals surface area contributed by atoms with Crippen LogP contribution >= 0.6 is 23.4 Å². The average Bonchev–Trinajstić information content (AvgIpc) is 2.29. The van der Waals surface area contributed by atoms with Crippen LogP contribution in [0.1, 0.15) is 6.42 Å². The zero-order valence-electron chi connectivity index (χ0n) is 9.32. The molecule has 0 amide bonds. The second kappa shape index (κ2) is 7.41. The van der Waals surface area contributed by atoms with Gasteiger partial charge in [-0.1, -0.05) is 11.6 Å². The molecular weight excluding hydrogens is 262 g/mol. The maximum absolute atomic E-state index is 8.61. The summed E-state index contributed by atoms with van der Waals surface area (Å²) >= 11 is 7.51. The van der Waals surface area contributed by atoms with Crippen LogP contribution in [-0.2, 0) is 0 Å². The summed E-state index contributed by atoms with van der Waals surface area (Å²) in [4.78, 5) is 7.70. The number of rotatable bonds is 7. The molecule has 0 aliphatic rings. The molecule has 1 aromatic heterocycles. The van der Waals surface area contributed by atoms with Crippen LogP contribution in [0.3, 0.4) is 0 Å². The van der Waals surface area contributed by atoms with Gasteiger partial charge in [0.25, 0.3) is 0 Å². The first-order valence-corrected chi connectivity index (χ1v) is 6.69. The topological polar surface area (TPSA) is 110 Å². The highest BCUT2D eigenvalue weighted by atomic mass is 35.5. The van der Waals surface area contributed by atoms with Crippen LogP contribution < -0.4 is 16.8 Å². The number of aliphatic hydroxyl groups is 1. The fourth-order valence-corrected chi connectivity index (χ4v) is 2.06. The van der Waals surface area contributed by atoms with E-state index in [-0.39, 0.29) is 17.7 Å². The van der Waals surface area contributed by atoms with Crippen molar-refractivity contribution in [1.29, 1.82) is 0 Å². The van der Waals surface area contributed by atoms with Crippen LogP contribution in [-0.4, -0.2) is 39.7 Å². The lowest BCUT2D eigenvalue weighted by Crippen LogP contribution is -2.11. The molecule has 0 aromatic carbocycles. The van der Waals surface area contributed by atoms with Crippen LogP contribution in [0, 0.1) is 0 Å². The Morgan fingerprint density at radius 3 is 2.76 bits per heavy atom. The van der Waals surface area contributed by atoms with E-state index in [2.05, 4.69) is 15.3 Å². The smallest absolute Gasteiger partial charge is 0.223 e. The minimum Gasteiger partial charge on any atom is -0.396 e. The summed E-state index contributed by atoms with van der Waals surface area (Å²) in [7, 11) is 0. The second-order valence-electron chi connectivity index (χ2n) is 3.25. The molecule has 17 heavy (non-hydrogen) atoms. The Labute approximate surface area is 109 Å². The van der Waals surface area contributed by atoms with E-state index in [4.69, 9.17) is 28.2 Å². The van der Waals surface area contributed by atoms with Crippen molar-refractivity contribution in [2.75, 3.05) is 41.4 Å². The maximum atomic E-state index is 8.61. The van der Waals surface area contributed by atoms with Gasteiger partial charge in [0, 0.05) is 18.9 Å². The van der Waals surface area contributed by atoms with Gasteiger partial charge in [0.1, 0.15) is 5.69 Å². The van der Waals surface area contributed by atoms with Crippen molar-refractivity contribution in [2.24, 2.45) is 0 Å². The van der Waals surface area contributed by atoms with Crippen LogP contribution in [0.4, 0.5) is 17.5 Å². The molecule has 8 heteroatoms. The molecule has 0 atom stereocenters. The normalized spacial score (nSPS) is 10.5. The van der Waals surface area contributed by atoms with E-state index in [0.717, 1.165) is 17.9 Å². The van der Waals surface area contributed by atoms with Crippen molar-refractivity contribution in [3.8, 4) is 0 Å². The zero-order chi connectivity index (χ0) is 12.7. The average molecular weight is 278 g/mol. The van der Waals surface area contributed by atoms with Crippen LogP contribution in [0.5, 0.6) is 0 Å². The second-order valence-corrected chi connectivity index (χ2v) is 4.83. The van der Waals surface area contributed by atoms with Gasteiger partial charge in [0.15, 0.2) is 11.0 Å². The molecule has 0 saturated heterocycles. The highest BCUT2D eigenvalue weighted by Crippen LogP contribution is 2.24. The first-order valence-electron chi connectivity index (χ1n) is 5.16. The number of aromatic nitrogens is 2. The Kier molecular flexibility index (Phi) is 6.17. The fourth-order valence-electron chi connectivity index (χ4n) is 1.10. The number of thioether (sulfide) groups is 1. The maximum Gasteiger partial charge on any atom is 0.223 e. The van der Waals surface area contributed by atoms with Gasteiger partial charge in [0.05, 0.1) is 0 Å². The molecule has 6 N–H and O–H groups in total. The summed E-state index contributed by atoms with van der Waals surface area (Å²) < 4.78 is 0. The summed E-state index contributed by atoms with van der Waals surface area (Å²) in [5, 5.41) is 11.8. The largest absolute Gasteiger partial charge is 0.396 e. The number of anilines is 3. The van der Waals surface area contributed by atoms with Crippen molar-refractivity contribution >= 4 is 40.8 Å². The van der Waals surface area contributed by atoms with Gasteiger partial charge < -0.3 is 21.9 Å². The minimum absolute atomic E-state index is 0.0969. The third-order valence-electron chi connectivity index (χ3n) is 1.90. The Morgan fingerprint density at radius 1 is 1.29 bits per heavy atom. The van der Waals surface area contributed by atoms with E-state index in [0.29, 0.717) is 18.1 Å². The molecule has 0 bridgehead atoms. The van der Waals surface area contributed by atoms with Gasteiger partial charge >= 0.3 is 0 Å². The molecule has 0 radical (unpaired) electrons. The van der Waals surface area contributed by atoms with Gasteiger partial charge in [-0.15, -0.1) is 0 Å². The van der Waals surface area contributed by atoms with Crippen LogP contribution in [0.2, 0.25) is 5.15 Å². The lowest BCUT2D eigenvalue weighted by Gasteiger charge is -2.09. The Morgan fingerprint density at radius 2 is 2.06 bits per heavy atom. The van der Waals surface area contributed by atoms with E-state index < -0.39 is 0 Å². The van der Waals surface area contributed by atoms with Crippen molar-refractivity contribution in [1.82, 2.24) is 9.97 Å².